The van der Waals surface area contributed by atoms with E-state index in [1.165, 1.54) is 6.20 Å². The Hall–Kier alpha value is -1.25. The van der Waals surface area contributed by atoms with Gasteiger partial charge in [-0.25, -0.2) is 4.99 Å². The molecule has 0 fully saturated rings. The Labute approximate surface area is 67.7 Å². The van der Waals surface area contributed by atoms with E-state index in [4.69, 9.17) is 4.74 Å². The predicted octanol–water partition coefficient (Wildman–Crippen LogP) is 1.60. The third-order valence-corrected chi connectivity index (χ3v) is 1.24. The molecule has 0 aliphatic heterocycles. The summed E-state index contributed by atoms with van der Waals surface area (Å²) in [5, 5.41) is 0. The molecule has 0 saturated heterocycles. The lowest BCUT2D eigenvalue weighted by molar-refractivity contribution is 0.335. The van der Waals surface area contributed by atoms with Crippen molar-refractivity contribution in [3.63, 3.8) is 0 Å². The Morgan fingerprint density at radius 3 is 2.45 bits per heavy atom. The molecule has 0 radical (unpaired) electrons. The minimum Gasteiger partial charge on any atom is -0.468 e. The third kappa shape index (κ3) is 2.89. The number of amidine groups is 1. The molecule has 0 aromatic rings. The van der Waals surface area contributed by atoms with Crippen LogP contribution in [0.25, 0.3) is 0 Å². The molecule has 0 bridgehead atoms. The Balaban J connectivity index is 4.37. The van der Waals surface area contributed by atoms with E-state index >= 15 is 0 Å². The highest BCUT2D eigenvalue weighted by atomic mass is 16.5. The quantitative estimate of drug-likeness (QED) is 0.446. The average Bonchev–Trinajstić information content (AvgIpc) is 1.98. The molecule has 62 valence electrons. The molecule has 11 heavy (non-hydrogen) atoms. The van der Waals surface area contributed by atoms with Gasteiger partial charge >= 0.3 is 0 Å². The highest BCUT2D eigenvalue weighted by Gasteiger charge is 2.04. The maximum Gasteiger partial charge on any atom is 0.295 e. The molecule has 3 heteroatoms. The molecule has 0 unspecified atom stereocenters. The van der Waals surface area contributed by atoms with E-state index in [1.807, 2.05) is 14.0 Å². The first-order chi connectivity index (χ1) is 5.13. The summed E-state index contributed by atoms with van der Waals surface area (Å²) in [5.41, 5.74) is 0.868. The van der Waals surface area contributed by atoms with Crippen LogP contribution in [0.2, 0.25) is 0 Å². The van der Waals surface area contributed by atoms with Crippen LogP contribution in [0.5, 0.6) is 0 Å². The summed E-state index contributed by atoms with van der Waals surface area (Å²) >= 11 is 0. The van der Waals surface area contributed by atoms with E-state index in [1.54, 1.807) is 12.0 Å². The van der Waals surface area contributed by atoms with Crippen LogP contribution in [-0.4, -0.2) is 25.1 Å². The summed E-state index contributed by atoms with van der Waals surface area (Å²) in [6, 6.07) is 0.493. The Morgan fingerprint density at radius 2 is 2.18 bits per heavy atom. The van der Waals surface area contributed by atoms with E-state index in [0.29, 0.717) is 6.02 Å². The number of ether oxygens (including phenoxy) is 1. The van der Waals surface area contributed by atoms with Gasteiger partial charge in [0.1, 0.15) is 0 Å². The largest absolute Gasteiger partial charge is 0.468 e. The van der Waals surface area contributed by atoms with Crippen molar-refractivity contribution in [1.82, 2.24) is 4.90 Å². The maximum absolute atomic E-state index is 4.96. The number of nitrogens with zero attached hydrogens (tertiary/aromatic N) is 2. The SMILES string of the molecule is C=C/N=C(/OC)N(C)C(=C)C. The van der Waals surface area contributed by atoms with Gasteiger partial charge in [0.15, 0.2) is 0 Å². The van der Waals surface area contributed by atoms with Crippen molar-refractivity contribution in [2.24, 2.45) is 4.99 Å². The van der Waals surface area contributed by atoms with E-state index in [9.17, 15) is 0 Å². The number of methoxy groups -OCH3 is 1. The van der Waals surface area contributed by atoms with E-state index in [2.05, 4.69) is 18.2 Å². The average molecular weight is 154 g/mol. The van der Waals surface area contributed by atoms with Gasteiger partial charge in [0, 0.05) is 18.9 Å². The zero-order chi connectivity index (χ0) is 8.85. The number of aliphatic imine (C=N–C) groups is 1. The van der Waals surface area contributed by atoms with Crippen LogP contribution in [0.4, 0.5) is 0 Å². The van der Waals surface area contributed by atoms with Crippen LogP contribution in [0.1, 0.15) is 6.92 Å². The highest BCUT2D eigenvalue weighted by Crippen LogP contribution is 1.98. The van der Waals surface area contributed by atoms with Gasteiger partial charge in [-0.2, -0.15) is 0 Å². The first kappa shape index (κ1) is 9.75. The second kappa shape index (κ2) is 4.55. The van der Waals surface area contributed by atoms with Gasteiger partial charge in [-0.15, -0.1) is 0 Å². The standard InChI is InChI=1S/C8H14N2O/c1-6-9-8(11-5)10(4)7(2)3/h6H,1-2H2,3-5H3/b9-8+. The molecule has 0 aliphatic rings. The molecule has 0 amide bonds. The van der Waals surface area contributed by atoms with Gasteiger partial charge in [0.2, 0.25) is 0 Å². The number of hydrogen-bond donors (Lipinski definition) is 0. The number of rotatable bonds is 2. The Morgan fingerprint density at radius 1 is 1.64 bits per heavy atom. The Kier molecular flexibility index (Phi) is 4.03. The molecular formula is C8H14N2O. The number of hydrogen-bond acceptors (Lipinski definition) is 2. The molecule has 0 rings (SSSR count). The van der Waals surface area contributed by atoms with Crippen molar-refractivity contribution >= 4 is 6.02 Å². The smallest absolute Gasteiger partial charge is 0.295 e. The number of allylic oxidation sites excluding steroid dienone is 1. The second-order valence-corrected chi connectivity index (χ2v) is 2.09. The zero-order valence-electron chi connectivity index (χ0n) is 7.29. The highest BCUT2D eigenvalue weighted by molar-refractivity contribution is 5.75. The lowest BCUT2D eigenvalue weighted by Gasteiger charge is -2.18. The fourth-order valence-corrected chi connectivity index (χ4v) is 0.518. The third-order valence-electron chi connectivity index (χ3n) is 1.24. The fourth-order valence-electron chi connectivity index (χ4n) is 0.518. The van der Waals surface area contributed by atoms with Crippen LogP contribution >= 0.6 is 0 Å². The van der Waals surface area contributed by atoms with Crippen molar-refractivity contribution in [2.75, 3.05) is 14.2 Å². The normalized spacial score (nSPS) is 10.6. The molecule has 0 aromatic carbocycles. The van der Waals surface area contributed by atoms with Crippen molar-refractivity contribution < 1.29 is 4.74 Å². The summed E-state index contributed by atoms with van der Waals surface area (Å²) in [6.45, 7) is 9.08. The lowest BCUT2D eigenvalue weighted by Crippen LogP contribution is -2.25. The molecule has 0 heterocycles. The van der Waals surface area contributed by atoms with E-state index in [0.717, 1.165) is 5.70 Å². The minimum atomic E-state index is 0.493. The van der Waals surface area contributed by atoms with Gasteiger partial charge in [-0.05, 0) is 6.92 Å². The maximum atomic E-state index is 4.96. The fraction of sp³-hybridized carbons (Fsp3) is 0.375. The van der Waals surface area contributed by atoms with Gasteiger partial charge < -0.3 is 9.64 Å². The monoisotopic (exact) mass is 154 g/mol. The minimum absolute atomic E-state index is 0.493. The molecule has 0 saturated carbocycles. The zero-order valence-corrected chi connectivity index (χ0v) is 7.29. The van der Waals surface area contributed by atoms with Crippen LogP contribution < -0.4 is 0 Å². The predicted molar refractivity (Wildman–Crippen MR) is 47.2 cm³/mol. The van der Waals surface area contributed by atoms with Gasteiger partial charge in [0.05, 0.1) is 7.11 Å². The summed E-state index contributed by atoms with van der Waals surface area (Å²) in [7, 11) is 3.38. The summed E-state index contributed by atoms with van der Waals surface area (Å²) < 4.78 is 4.96. The Bertz CT molecular complexity index is 185. The molecular weight excluding hydrogens is 140 g/mol. The van der Waals surface area contributed by atoms with Gasteiger partial charge in [-0.1, -0.05) is 13.2 Å². The van der Waals surface area contributed by atoms with Crippen molar-refractivity contribution in [2.45, 2.75) is 6.92 Å². The van der Waals surface area contributed by atoms with Crippen LogP contribution in [-0.2, 0) is 4.74 Å². The molecule has 0 aromatic heterocycles. The van der Waals surface area contributed by atoms with E-state index in [-0.39, 0.29) is 0 Å². The van der Waals surface area contributed by atoms with Gasteiger partial charge in [-0.3, -0.25) is 0 Å². The van der Waals surface area contributed by atoms with E-state index < -0.39 is 0 Å². The van der Waals surface area contributed by atoms with Crippen LogP contribution in [0.3, 0.4) is 0 Å². The van der Waals surface area contributed by atoms with Crippen molar-refractivity contribution in [1.29, 1.82) is 0 Å². The van der Waals surface area contributed by atoms with Crippen LogP contribution in [0.15, 0.2) is 30.0 Å². The molecule has 0 aliphatic carbocycles. The summed E-state index contributed by atoms with van der Waals surface area (Å²) in [4.78, 5) is 5.62. The van der Waals surface area contributed by atoms with Crippen LogP contribution in [0, 0.1) is 0 Å². The van der Waals surface area contributed by atoms with Gasteiger partial charge in [0.25, 0.3) is 6.02 Å². The molecule has 0 N–H and O–H groups in total. The first-order valence-electron chi connectivity index (χ1n) is 3.25. The molecule has 3 nitrogen and oxygen atoms in total. The topological polar surface area (TPSA) is 24.8 Å². The van der Waals surface area contributed by atoms with Crippen molar-refractivity contribution in [3.05, 3.63) is 25.1 Å². The van der Waals surface area contributed by atoms with Crippen molar-refractivity contribution in [3.8, 4) is 0 Å². The molecule has 0 atom stereocenters. The summed E-state index contributed by atoms with van der Waals surface area (Å²) in [5.74, 6) is 0. The summed E-state index contributed by atoms with van der Waals surface area (Å²) in [6.07, 6.45) is 1.43. The molecule has 0 spiro atoms. The second-order valence-electron chi connectivity index (χ2n) is 2.09. The lowest BCUT2D eigenvalue weighted by atomic mass is 10.5. The first-order valence-corrected chi connectivity index (χ1v) is 3.25.